The molecule has 4 nitrogen and oxygen atoms in total. The van der Waals surface area contributed by atoms with Crippen LogP contribution in [0.2, 0.25) is 0 Å². The molecule has 1 spiro atoms. The summed E-state index contributed by atoms with van der Waals surface area (Å²) in [6, 6.07) is 0. The Bertz CT molecular complexity index is 434. The van der Waals surface area contributed by atoms with Crippen molar-refractivity contribution in [2.45, 2.75) is 43.8 Å². The molecule has 3 rings (SSSR count). The second-order valence-electron chi connectivity index (χ2n) is 5.63. The number of nitrogens with one attached hydrogen (secondary N) is 2. The molecule has 0 aromatic carbocycles. The van der Waals surface area contributed by atoms with E-state index in [1.165, 1.54) is 0 Å². The minimum atomic E-state index is -4.34. The fourth-order valence-corrected chi connectivity index (χ4v) is 3.11. The number of halogens is 3. The number of aliphatic imine (C=N–C) groups is 1. The van der Waals surface area contributed by atoms with Gasteiger partial charge in [-0.2, -0.15) is 13.2 Å². The van der Waals surface area contributed by atoms with E-state index in [1.54, 1.807) is 0 Å². The lowest BCUT2D eigenvalue weighted by Gasteiger charge is -2.42. The van der Waals surface area contributed by atoms with E-state index >= 15 is 0 Å². The Labute approximate surface area is 108 Å². The summed E-state index contributed by atoms with van der Waals surface area (Å²) < 4.78 is 39.7. The Morgan fingerprint density at radius 1 is 1.11 bits per heavy atom. The summed E-state index contributed by atoms with van der Waals surface area (Å²) in [5, 5.41) is 5.52. The zero-order valence-electron chi connectivity index (χ0n) is 10.4. The first-order chi connectivity index (χ1) is 8.90. The lowest BCUT2D eigenvalue weighted by molar-refractivity contribution is -0.221. The van der Waals surface area contributed by atoms with Gasteiger partial charge in [-0.1, -0.05) is 6.42 Å². The van der Waals surface area contributed by atoms with Crippen LogP contribution in [0.15, 0.2) is 4.99 Å². The smallest absolute Gasteiger partial charge is 0.317 e. The van der Waals surface area contributed by atoms with Gasteiger partial charge in [0.05, 0.1) is 0 Å². The fourth-order valence-electron chi connectivity index (χ4n) is 3.11. The monoisotopic (exact) mass is 275 g/mol. The Kier molecular flexibility index (Phi) is 2.68. The van der Waals surface area contributed by atoms with Crippen LogP contribution < -0.4 is 10.6 Å². The average molecular weight is 275 g/mol. The van der Waals surface area contributed by atoms with E-state index in [9.17, 15) is 18.0 Å². The molecule has 2 N–H and O–H groups in total. The molecular formula is C12H16F3N3O. The maximum atomic E-state index is 13.2. The van der Waals surface area contributed by atoms with Crippen molar-refractivity contribution < 1.29 is 18.0 Å². The summed E-state index contributed by atoms with van der Waals surface area (Å²) in [7, 11) is 0. The normalized spacial score (nSPS) is 28.8. The summed E-state index contributed by atoms with van der Waals surface area (Å²) in [6.07, 6.45) is -2.81. The molecule has 2 heterocycles. The van der Waals surface area contributed by atoms with Gasteiger partial charge in [0.15, 0.2) is 0 Å². The molecule has 1 aliphatic carbocycles. The Hall–Kier alpha value is -1.11. The van der Waals surface area contributed by atoms with Crippen LogP contribution in [0, 0.1) is 5.41 Å². The van der Waals surface area contributed by atoms with E-state index < -0.39 is 17.1 Å². The van der Waals surface area contributed by atoms with Gasteiger partial charge in [-0.15, -0.1) is 0 Å². The zero-order valence-corrected chi connectivity index (χ0v) is 10.4. The van der Waals surface area contributed by atoms with E-state index in [4.69, 9.17) is 0 Å². The third kappa shape index (κ3) is 1.70. The highest BCUT2D eigenvalue weighted by molar-refractivity contribution is 6.11. The van der Waals surface area contributed by atoms with E-state index in [0.717, 1.165) is 0 Å². The average Bonchev–Trinajstić information content (AvgIpc) is 2.53. The van der Waals surface area contributed by atoms with Crippen molar-refractivity contribution in [3.8, 4) is 0 Å². The summed E-state index contributed by atoms with van der Waals surface area (Å²) in [4.78, 5) is 16.3. The molecule has 0 aromatic heterocycles. The molecule has 7 heteroatoms. The van der Waals surface area contributed by atoms with Crippen LogP contribution in [0.5, 0.6) is 0 Å². The van der Waals surface area contributed by atoms with Crippen molar-refractivity contribution in [1.82, 2.24) is 10.6 Å². The van der Waals surface area contributed by atoms with E-state index in [0.29, 0.717) is 32.4 Å². The molecule has 3 aliphatic rings. The molecule has 0 aromatic rings. The minimum Gasteiger partial charge on any atom is -0.317 e. The molecule has 0 bridgehead atoms. The van der Waals surface area contributed by atoms with Gasteiger partial charge in [0.2, 0.25) is 0 Å². The standard InChI is InChI=1S/C12H16F3N3O/c13-12(14,15)10(2-1-3-10)8-17-9(19)11(18-8)4-6-16-7-5-11/h16H,1-7H2,(H,17,18,19). The van der Waals surface area contributed by atoms with Crippen molar-refractivity contribution >= 4 is 11.7 Å². The van der Waals surface area contributed by atoms with Crippen LogP contribution in [0.1, 0.15) is 32.1 Å². The second-order valence-corrected chi connectivity index (χ2v) is 5.63. The Balaban J connectivity index is 1.94. The fraction of sp³-hybridized carbons (Fsp3) is 0.833. The number of amides is 1. The topological polar surface area (TPSA) is 53.5 Å². The molecule has 1 saturated carbocycles. The highest BCUT2D eigenvalue weighted by Gasteiger charge is 2.64. The van der Waals surface area contributed by atoms with Gasteiger partial charge in [-0.05, 0) is 38.8 Å². The summed E-state index contributed by atoms with van der Waals surface area (Å²) >= 11 is 0. The predicted molar refractivity (Wildman–Crippen MR) is 62.8 cm³/mol. The summed E-state index contributed by atoms with van der Waals surface area (Å²) in [5.41, 5.74) is -2.87. The number of carbonyl (C=O) groups excluding carboxylic acids is 1. The molecule has 0 unspecified atom stereocenters. The number of alkyl halides is 3. The van der Waals surface area contributed by atoms with E-state index in [1.807, 2.05) is 0 Å². The number of nitrogens with zero attached hydrogens (tertiary/aromatic N) is 1. The molecular weight excluding hydrogens is 259 g/mol. The van der Waals surface area contributed by atoms with Crippen LogP contribution >= 0.6 is 0 Å². The van der Waals surface area contributed by atoms with Crippen LogP contribution in [0.4, 0.5) is 13.2 Å². The largest absolute Gasteiger partial charge is 0.401 e. The van der Waals surface area contributed by atoms with Crippen LogP contribution in [-0.4, -0.2) is 36.5 Å². The molecule has 1 saturated heterocycles. The van der Waals surface area contributed by atoms with Crippen LogP contribution in [0.25, 0.3) is 0 Å². The Morgan fingerprint density at radius 3 is 2.21 bits per heavy atom. The number of carbonyl (C=O) groups is 1. The number of hydrogen-bond acceptors (Lipinski definition) is 3. The van der Waals surface area contributed by atoms with Gasteiger partial charge in [-0.3, -0.25) is 9.79 Å². The molecule has 106 valence electrons. The molecule has 19 heavy (non-hydrogen) atoms. The molecule has 2 aliphatic heterocycles. The predicted octanol–water partition coefficient (Wildman–Crippen LogP) is 1.37. The maximum absolute atomic E-state index is 13.2. The van der Waals surface area contributed by atoms with Crippen molar-refractivity contribution in [1.29, 1.82) is 0 Å². The van der Waals surface area contributed by atoms with Crippen molar-refractivity contribution in [2.75, 3.05) is 13.1 Å². The SMILES string of the molecule is O=C1NC(C2(C(F)(F)F)CCC2)=NC12CCNCC2. The van der Waals surface area contributed by atoms with Gasteiger partial charge in [-0.25, -0.2) is 0 Å². The van der Waals surface area contributed by atoms with Gasteiger partial charge in [0.25, 0.3) is 5.91 Å². The molecule has 0 atom stereocenters. The molecule has 1 amide bonds. The van der Waals surface area contributed by atoms with E-state index in [-0.39, 0.29) is 24.6 Å². The molecule has 0 radical (unpaired) electrons. The highest BCUT2D eigenvalue weighted by Crippen LogP contribution is 2.54. The van der Waals surface area contributed by atoms with Crippen molar-refractivity contribution in [3.63, 3.8) is 0 Å². The third-order valence-electron chi connectivity index (χ3n) is 4.61. The zero-order chi connectivity index (χ0) is 13.7. The van der Waals surface area contributed by atoms with Crippen LogP contribution in [0.3, 0.4) is 0 Å². The first kappa shape index (κ1) is 12.9. The van der Waals surface area contributed by atoms with Gasteiger partial charge >= 0.3 is 6.18 Å². The maximum Gasteiger partial charge on any atom is 0.401 e. The lowest BCUT2D eigenvalue weighted by atomic mass is 9.67. The summed E-state index contributed by atoms with van der Waals surface area (Å²) in [6.45, 7) is 1.23. The number of amidine groups is 1. The first-order valence-corrected chi connectivity index (χ1v) is 6.59. The first-order valence-electron chi connectivity index (χ1n) is 6.59. The second kappa shape index (κ2) is 3.94. The third-order valence-corrected chi connectivity index (χ3v) is 4.61. The molecule has 2 fully saturated rings. The van der Waals surface area contributed by atoms with Gasteiger partial charge in [0, 0.05) is 0 Å². The number of rotatable bonds is 1. The quantitative estimate of drug-likeness (QED) is 0.759. The minimum absolute atomic E-state index is 0.0317. The number of piperidine rings is 1. The van der Waals surface area contributed by atoms with Crippen LogP contribution in [-0.2, 0) is 4.79 Å². The Morgan fingerprint density at radius 2 is 1.74 bits per heavy atom. The van der Waals surface area contributed by atoms with Gasteiger partial charge < -0.3 is 10.6 Å². The number of hydrogen-bond donors (Lipinski definition) is 2. The van der Waals surface area contributed by atoms with Gasteiger partial charge in [0.1, 0.15) is 16.8 Å². The lowest BCUT2D eigenvalue weighted by Crippen LogP contribution is -2.54. The van der Waals surface area contributed by atoms with Crippen molar-refractivity contribution in [3.05, 3.63) is 0 Å². The summed E-state index contributed by atoms with van der Waals surface area (Å²) in [5.74, 6) is -0.502. The van der Waals surface area contributed by atoms with E-state index in [2.05, 4.69) is 15.6 Å². The van der Waals surface area contributed by atoms with Crippen molar-refractivity contribution in [2.24, 2.45) is 10.4 Å². The highest BCUT2D eigenvalue weighted by atomic mass is 19.4.